The molecule has 0 N–H and O–H groups in total. The summed E-state index contributed by atoms with van der Waals surface area (Å²) in [4.78, 5) is 15.8. The van der Waals surface area contributed by atoms with Crippen molar-refractivity contribution in [3.63, 3.8) is 0 Å². The van der Waals surface area contributed by atoms with Crippen molar-refractivity contribution in [2.75, 3.05) is 13.7 Å². The summed E-state index contributed by atoms with van der Waals surface area (Å²) in [6, 6.07) is 10.8. The molecule has 114 valence electrons. The number of carbonyl (C=O) groups is 1. The fourth-order valence-electron chi connectivity index (χ4n) is 1.81. The van der Waals surface area contributed by atoms with E-state index in [-0.39, 0.29) is 0 Å². The number of benzene rings is 1. The van der Waals surface area contributed by atoms with Gasteiger partial charge >= 0.3 is 5.97 Å². The van der Waals surface area contributed by atoms with Crippen LogP contribution in [0, 0.1) is 0 Å². The van der Waals surface area contributed by atoms with Crippen molar-refractivity contribution in [3.05, 3.63) is 63.9 Å². The maximum atomic E-state index is 11.5. The first-order chi connectivity index (χ1) is 10.6. The SMILES string of the molecule is COC(=O)c1ccc(Br)c(OC/C(C)=C/c2ccccn2)c1. The smallest absolute Gasteiger partial charge is 0.337 e. The summed E-state index contributed by atoms with van der Waals surface area (Å²) in [7, 11) is 1.35. The van der Waals surface area contributed by atoms with Crippen LogP contribution in [-0.4, -0.2) is 24.7 Å². The highest BCUT2D eigenvalue weighted by atomic mass is 79.9. The molecule has 4 nitrogen and oxygen atoms in total. The molecule has 1 aromatic heterocycles. The third-order valence-corrected chi connectivity index (χ3v) is 3.54. The van der Waals surface area contributed by atoms with Gasteiger partial charge in [0.25, 0.3) is 0 Å². The molecule has 0 bridgehead atoms. The van der Waals surface area contributed by atoms with Crippen LogP contribution in [0.5, 0.6) is 5.75 Å². The van der Waals surface area contributed by atoms with Gasteiger partial charge in [0.05, 0.1) is 22.8 Å². The summed E-state index contributed by atoms with van der Waals surface area (Å²) in [5.41, 5.74) is 2.35. The quantitative estimate of drug-likeness (QED) is 0.751. The van der Waals surface area contributed by atoms with E-state index in [1.54, 1.807) is 24.4 Å². The zero-order valence-electron chi connectivity index (χ0n) is 12.4. The molecule has 5 heteroatoms. The van der Waals surface area contributed by atoms with Crippen molar-refractivity contribution in [2.24, 2.45) is 0 Å². The highest BCUT2D eigenvalue weighted by Gasteiger charge is 2.09. The van der Waals surface area contributed by atoms with E-state index in [0.717, 1.165) is 15.7 Å². The molecule has 2 rings (SSSR count). The highest BCUT2D eigenvalue weighted by molar-refractivity contribution is 9.10. The first-order valence-electron chi connectivity index (χ1n) is 6.69. The number of hydrogen-bond acceptors (Lipinski definition) is 4. The molecule has 22 heavy (non-hydrogen) atoms. The molecule has 0 saturated heterocycles. The van der Waals surface area contributed by atoms with Gasteiger partial charge in [0.15, 0.2) is 0 Å². The van der Waals surface area contributed by atoms with E-state index in [1.165, 1.54) is 7.11 Å². The summed E-state index contributed by atoms with van der Waals surface area (Å²) in [6.45, 7) is 2.37. The number of carbonyl (C=O) groups excluding carboxylic acids is 1. The predicted molar refractivity (Wildman–Crippen MR) is 88.9 cm³/mol. The van der Waals surface area contributed by atoms with Crippen LogP contribution < -0.4 is 4.74 Å². The summed E-state index contributed by atoms with van der Waals surface area (Å²) in [5, 5.41) is 0. The normalized spacial score (nSPS) is 11.1. The lowest BCUT2D eigenvalue weighted by Crippen LogP contribution is -2.04. The first kappa shape index (κ1) is 16.2. The third kappa shape index (κ3) is 4.43. The first-order valence-corrected chi connectivity index (χ1v) is 7.48. The van der Waals surface area contributed by atoms with Crippen LogP contribution in [0.1, 0.15) is 23.0 Å². The number of ether oxygens (including phenoxy) is 2. The molecule has 0 fully saturated rings. The minimum Gasteiger partial charge on any atom is -0.488 e. The van der Waals surface area contributed by atoms with Gasteiger partial charge in [-0.1, -0.05) is 6.07 Å². The number of hydrogen-bond donors (Lipinski definition) is 0. The zero-order valence-corrected chi connectivity index (χ0v) is 14.0. The summed E-state index contributed by atoms with van der Waals surface area (Å²) in [5.74, 6) is 0.203. The van der Waals surface area contributed by atoms with Gasteiger partial charge in [0, 0.05) is 6.20 Å². The minimum absolute atomic E-state index is 0.391. The van der Waals surface area contributed by atoms with Crippen LogP contribution in [0.3, 0.4) is 0 Å². The fraction of sp³-hybridized carbons (Fsp3) is 0.176. The maximum Gasteiger partial charge on any atom is 0.337 e. The number of pyridine rings is 1. The molecule has 0 atom stereocenters. The Morgan fingerprint density at radius 1 is 1.32 bits per heavy atom. The maximum absolute atomic E-state index is 11.5. The molecule has 0 amide bonds. The van der Waals surface area contributed by atoms with Gasteiger partial charge in [-0.15, -0.1) is 0 Å². The van der Waals surface area contributed by atoms with E-state index in [1.807, 2.05) is 31.2 Å². The molecule has 0 spiro atoms. The van der Waals surface area contributed by atoms with E-state index in [2.05, 4.69) is 20.9 Å². The second-order valence-corrected chi connectivity index (χ2v) is 5.53. The zero-order chi connectivity index (χ0) is 15.9. The summed E-state index contributed by atoms with van der Waals surface area (Å²) < 4.78 is 11.2. The Labute approximate surface area is 137 Å². The van der Waals surface area contributed by atoms with Gasteiger partial charge in [-0.3, -0.25) is 4.98 Å². The lowest BCUT2D eigenvalue weighted by molar-refractivity contribution is 0.0600. The molecule has 1 aromatic carbocycles. The lowest BCUT2D eigenvalue weighted by atomic mass is 10.2. The molecule has 0 saturated carbocycles. The Hall–Kier alpha value is -2.14. The number of esters is 1. The average Bonchev–Trinajstić information content (AvgIpc) is 2.54. The van der Waals surface area contributed by atoms with Gasteiger partial charge in [0.1, 0.15) is 12.4 Å². The van der Waals surface area contributed by atoms with E-state index in [9.17, 15) is 4.79 Å². The van der Waals surface area contributed by atoms with Gasteiger partial charge < -0.3 is 9.47 Å². The molecule has 0 aliphatic carbocycles. The minimum atomic E-state index is -0.391. The number of nitrogens with zero attached hydrogens (tertiary/aromatic N) is 1. The van der Waals surface area contributed by atoms with E-state index in [4.69, 9.17) is 9.47 Å². The van der Waals surface area contributed by atoms with Crippen LogP contribution in [0.15, 0.2) is 52.6 Å². The van der Waals surface area contributed by atoms with Crippen molar-refractivity contribution in [1.29, 1.82) is 0 Å². The Balaban J connectivity index is 2.08. The molecule has 0 aliphatic heterocycles. The van der Waals surface area contributed by atoms with Crippen LogP contribution in [-0.2, 0) is 4.74 Å². The Morgan fingerprint density at radius 2 is 2.14 bits per heavy atom. The monoisotopic (exact) mass is 361 g/mol. The Morgan fingerprint density at radius 3 is 2.82 bits per heavy atom. The van der Waals surface area contributed by atoms with Gasteiger partial charge in [0.2, 0.25) is 0 Å². The van der Waals surface area contributed by atoms with Crippen molar-refractivity contribution in [3.8, 4) is 5.75 Å². The second-order valence-electron chi connectivity index (χ2n) is 4.67. The summed E-state index contributed by atoms with van der Waals surface area (Å²) >= 11 is 3.41. The third-order valence-electron chi connectivity index (χ3n) is 2.89. The van der Waals surface area contributed by atoms with Crippen molar-refractivity contribution in [1.82, 2.24) is 4.98 Å². The van der Waals surface area contributed by atoms with Gasteiger partial charge in [-0.05, 0) is 64.8 Å². The van der Waals surface area contributed by atoms with Crippen molar-refractivity contribution >= 4 is 28.0 Å². The second kappa shape index (κ2) is 7.75. The van der Waals surface area contributed by atoms with Crippen molar-refractivity contribution in [2.45, 2.75) is 6.92 Å². The Kier molecular flexibility index (Phi) is 5.72. The van der Waals surface area contributed by atoms with Crippen LogP contribution in [0.4, 0.5) is 0 Å². The number of aromatic nitrogens is 1. The van der Waals surface area contributed by atoms with Gasteiger partial charge in [-0.25, -0.2) is 4.79 Å². The Bertz CT molecular complexity index is 684. The van der Waals surface area contributed by atoms with Crippen LogP contribution >= 0.6 is 15.9 Å². The molecular formula is C17H16BrNO3. The fourth-order valence-corrected chi connectivity index (χ4v) is 2.17. The molecule has 0 unspecified atom stereocenters. The van der Waals surface area contributed by atoms with E-state index in [0.29, 0.717) is 17.9 Å². The number of halogens is 1. The predicted octanol–water partition coefficient (Wildman–Crippen LogP) is 4.11. The van der Waals surface area contributed by atoms with E-state index < -0.39 is 5.97 Å². The van der Waals surface area contributed by atoms with Crippen LogP contribution in [0.25, 0.3) is 6.08 Å². The number of methoxy groups -OCH3 is 1. The molecular weight excluding hydrogens is 346 g/mol. The van der Waals surface area contributed by atoms with Gasteiger partial charge in [-0.2, -0.15) is 0 Å². The topological polar surface area (TPSA) is 48.4 Å². The molecule has 0 radical (unpaired) electrons. The van der Waals surface area contributed by atoms with Crippen LogP contribution in [0.2, 0.25) is 0 Å². The molecule has 2 aromatic rings. The van der Waals surface area contributed by atoms with E-state index >= 15 is 0 Å². The standard InChI is InChI=1S/C17H16BrNO3/c1-12(9-14-5-3-4-8-19-14)11-22-16-10-13(17(20)21-2)6-7-15(16)18/h3-10H,11H2,1-2H3/b12-9+. The molecule has 0 aliphatic rings. The average molecular weight is 362 g/mol. The molecule has 1 heterocycles. The highest BCUT2D eigenvalue weighted by Crippen LogP contribution is 2.27. The lowest BCUT2D eigenvalue weighted by Gasteiger charge is -2.10. The summed E-state index contributed by atoms with van der Waals surface area (Å²) in [6.07, 6.45) is 3.70. The van der Waals surface area contributed by atoms with Crippen molar-refractivity contribution < 1.29 is 14.3 Å². The largest absolute Gasteiger partial charge is 0.488 e. The number of rotatable bonds is 5.